The van der Waals surface area contributed by atoms with Crippen LogP contribution in [0.25, 0.3) is 0 Å². The molecule has 0 amide bonds. The van der Waals surface area contributed by atoms with Crippen molar-refractivity contribution >= 4 is 17.3 Å². The van der Waals surface area contributed by atoms with Crippen LogP contribution in [-0.2, 0) is 5.41 Å². The van der Waals surface area contributed by atoms with Gasteiger partial charge in [-0.1, -0.05) is 38.3 Å². The van der Waals surface area contributed by atoms with Gasteiger partial charge in [-0.25, -0.2) is 0 Å². The molecule has 0 heterocycles. The van der Waals surface area contributed by atoms with Crippen molar-refractivity contribution in [2.75, 3.05) is 19.0 Å². The summed E-state index contributed by atoms with van der Waals surface area (Å²) in [7, 11) is 3.90. The Morgan fingerprint density at radius 2 is 1.89 bits per heavy atom. The van der Waals surface area contributed by atoms with Crippen LogP contribution in [0, 0.1) is 12.3 Å². The van der Waals surface area contributed by atoms with Gasteiger partial charge in [0.1, 0.15) is 6.10 Å². The number of hydrogen-bond acceptors (Lipinski definition) is 2. The molecule has 0 saturated heterocycles. The Kier molecular flexibility index (Phi) is 4.32. The molecule has 0 spiro atoms. The number of nitrogens with zero attached hydrogens (tertiary/aromatic N) is 1. The van der Waals surface area contributed by atoms with Crippen LogP contribution in [0.2, 0.25) is 5.02 Å². The van der Waals surface area contributed by atoms with Crippen molar-refractivity contribution in [2.45, 2.75) is 32.3 Å². The lowest BCUT2D eigenvalue weighted by Gasteiger charge is -2.28. The quantitative estimate of drug-likeness (QED) is 0.829. The summed E-state index contributed by atoms with van der Waals surface area (Å²) in [6, 6.07) is 3.67. The minimum absolute atomic E-state index is 0.0758. The Bertz CT molecular complexity index is 480. The summed E-state index contributed by atoms with van der Waals surface area (Å²) in [6.45, 7) is 6.33. The summed E-state index contributed by atoms with van der Waals surface area (Å²) < 4.78 is 0. The SMILES string of the molecule is C#CC(O)c1cc(Cl)c(N(C)C)c(C(C)(C)C)c1. The Balaban J connectivity index is 3.54. The van der Waals surface area contributed by atoms with Crippen molar-refractivity contribution in [1.29, 1.82) is 0 Å². The highest BCUT2D eigenvalue weighted by Crippen LogP contribution is 2.38. The summed E-state index contributed by atoms with van der Waals surface area (Å²) in [4.78, 5) is 1.98. The van der Waals surface area contributed by atoms with Crippen LogP contribution in [0.1, 0.15) is 38.0 Å². The summed E-state index contributed by atoms with van der Waals surface area (Å²) in [5, 5.41) is 10.4. The summed E-state index contributed by atoms with van der Waals surface area (Å²) in [5.41, 5.74) is 2.63. The van der Waals surface area contributed by atoms with E-state index >= 15 is 0 Å². The zero-order chi connectivity index (χ0) is 14.1. The summed E-state index contributed by atoms with van der Waals surface area (Å²) >= 11 is 6.32. The second-order valence-electron chi connectivity index (χ2n) is 5.61. The highest BCUT2D eigenvalue weighted by molar-refractivity contribution is 6.33. The van der Waals surface area contributed by atoms with E-state index in [9.17, 15) is 5.11 Å². The largest absolute Gasteiger partial charge is 0.376 e. The van der Waals surface area contributed by atoms with Gasteiger partial charge in [0.25, 0.3) is 0 Å². The highest BCUT2D eigenvalue weighted by Gasteiger charge is 2.23. The summed E-state index contributed by atoms with van der Waals surface area (Å²) in [5.74, 6) is 2.32. The van der Waals surface area contributed by atoms with Gasteiger partial charge < -0.3 is 10.0 Å². The predicted octanol–water partition coefficient (Wildman–Crippen LogP) is 3.37. The molecule has 2 nitrogen and oxygen atoms in total. The first kappa shape index (κ1) is 14.9. The van der Waals surface area contributed by atoms with Crippen LogP contribution in [0.5, 0.6) is 0 Å². The lowest BCUT2D eigenvalue weighted by molar-refractivity contribution is 0.238. The van der Waals surface area contributed by atoms with Crippen molar-refractivity contribution in [1.82, 2.24) is 0 Å². The van der Waals surface area contributed by atoms with Crippen molar-refractivity contribution in [3.8, 4) is 12.3 Å². The van der Waals surface area contributed by atoms with Crippen LogP contribution in [0.15, 0.2) is 12.1 Å². The lowest BCUT2D eigenvalue weighted by Crippen LogP contribution is -2.20. The molecule has 98 valence electrons. The van der Waals surface area contributed by atoms with E-state index in [1.807, 2.05) is 25.1 Å². The standard InChI is InChI=1S/C15H20ClNO/c1-7-13(18)10-8-11(15(2,3)4)14(17(5)6)12(16)9-10/h1,8-9,13,18H,2-6H3. The Hall–Kier alpha value is -1.17. The molecular formula is C15H20ClNO. The fourth-order valence-corrected chi connectivity index (χ4v) is 2.30. The van der Waals surface area contributed by atoms with Crippen LogP contribution >= 0.6 is 11.6 Å². The molecule has 0 aromatic heterocycles. The zero-order valence-electron chi connectivity index (χ0n) is 11.6. The maximum absolute atomic E-state index is 9.77. The number of rotatable bonds is 2. The van der Waals surface area contributed by atoms with Gasteiger partial charge in [-0.3, -0.25) is 0 Å². The van der Waals surface area contributed by atoms with E-state index < -0.39 is 6.10 Å². The minimum atomic E-state index is -0.917. The van der Waals surface area contributed by atoms with Crippen molar-refractivity contribution in [3.63, 3.8) is 0 Å². The van der Waals surface area contributed by atoms with Crippen LogP contribution in [0.3, 0.4) is 0 Å². The third-order valence-corrected chi connectivity index (χ3v) is 3.10. The van der Waals surface area contributed by atoms with Gasteiger partial charge in [-0.15, -0.1) is 6.42 Å². The van der Waals surface area contributed by atoms with E-state index in [0.29, 0.717) is 10.6 Å². The molecule has 3 heteroatoms. The van der Waals surface area contributed by atoms with Crippen LogP contribution in [-0.4, -0.2) is 19.2 Å². The van der Waals surface area contributed by atoms with E-state index in [2.05, 4.69) is 26.7 Å². The van der Waals surface area contributed by atoms with Gasteiger partial charge in [0, 0.05) is 14.1 Å². The maximum Gasteiger partial charge on any atom is 0.140 e. The molecule has 1 rings (SSSR count). The Morgan fingerprint density at radius 1 is 1.33 bits per heavy atom. The average molecular weight is 266 g/mol. The predicted molar refractivity (Wildman–Crippen MR) is 78.3 cm³/mol. The third kappa shape index (κ3) is 2.98. The van der Waals surface area contributed by atoms with Gasteiger partial charge in [-0.05, 0) is 28.7 Å². The number of aliphatic hydroxyl groups excluding tert-OH is 1. The maximum atomic E-state index is 9.77. The second kappa shape index (κ2) is 5.22. The van der Waals surface area contributed by atoms with Crippen molar-refractivity contribution in [3.05, 3.63) is 28.3 Å². The molecule has 1 aromatic carbocycles. The number of hydrogen-bond donors (Lipinski definition) is 1. The first-order chi connectivity index (χ1) is 8.18. The second-order valence-corrected chi connectivity index (χ2v) is 6.02. The minimum Gasteiger partial charge on any atom is -0.376 e. The Morgan fingerprint density at radius 3 is 2.28 bits per heavy atom. The van der Waals surface area contributed by atoms with Crippen LogP contribution < -0.4 is 4.90 Å². The van der Waals surface area contributed by atoms with Gasteiger partial charge in [0.05, 0.1) is 10.7 Å². The fraction of sp³-hybridized carbons (Fsp3) is 0.467. The van der Waals surface area contributed by atoms with E-state index in [1.165, 1.54) is 0 Å². The zero-order valence-corrected chi connectivity index (χ0v) is 12.3. The first-order valence-electron chi connectivity index (χ1n) is 5.84. The molecule has 18 heavy (non-hydrogen) atoms. The molecular weight excluding hydrogens is 246 g/mol. The number of anilines is 1. The normalized spacial score (nSPS) is 13.0. The van der Waals surface area contributed by atoms with Gasteiger partial charge >= 0.3 is 0 Å². The van der Waals surface area contributed by atoms with E-state index in [1.54, 1.807) is 6.07 Å². The van der Waals surface area contributed by atoms with E-state index in [0.717, 1.165) is 11.3 Å². The number of aliphatic hydroxyl groups is 1. The van der Waals surface area contributed by atoms with Gasteiger partial charge in [-0.2, -0.15) is 0 Å². The van der Waals surface area contributed by atoms with Gasteiger partial charge in [0.15, 0.2) is 0 Å². The highest BCUT2D eigenvalue weighted by atomic mass is 35.5. The number of benzene rings is 1. The Labute approximate surface area is 115 Å². The van der Waals surface area contributed by atoms with Crippen LogP contribution in [0.4, 0.5) is 5.69 Å². The molecule has 0 aliphatic carbocycles. The average Bonchev–Trinajstić information content (AvgIpc) is 2.25. The molecule has 1 aromatic rings. The molecule has 0 radical (unpaired) electrons. The molecule has 0 bridgehead atoms. The molecule has 0 fully saturated rings. The first-order valence-corrected chi connectivity index (χ1v) is 6.21. The topological polar surface area (TPSA) is 23.5 Å². The molecule has 0 saturated carbocycles. The van der Waals surface area contributed by atoms with E-state index in [-0.39, 0.29) is 5.41 Å². The number of halogens is 1. The third-order valence-electron chi connectivity index (χ3n) is 2.81. The number of terminal acetylenes is 1. The van der Waals surface area contributed by atoms with E-state index in [4.69, 9.17) is 18.0 Å². The smallest absolute Gasteiger partial charge is 0.140 e. The van der Waals surface area contributed by atoms with Crippen molar-refractivity contribution in [2.24, 2.45) is 0 Å². The van der Waals surface area contributed by atoms with Crippen molar-refractivity contribution < 1.29 is 5.11 Å². The molecule has 0 aliphatic rings. The molecule has 1 unspecified atom stereocenters. The summed E-state index contributed by atoms with van der Waals surface area (Å²) in [6.07, 6.45) is 4.34. The lowest BCUT2D eigenvalue weighted by atomic mass is 9.84. The van der Waals surface area contributed by atoms with Gasteiger partial charge in [0.2, 0.25) is 0 Å². The molecule has 1 N–H and O–H groups in total. The molecule has 1 atom stereocenters. The fourth-order valence-electron chi connectivity index (χ4n) is 1.90. The monoisotopic (exact) mass is 265 g/mol. The molecule has 0 aliphatic heterocycles.